The third-order valence-electron chi connectivity index (χ3n) is 3.98. The molecule has 1 N–H and O–H groups in total. The van der Waals surface area contributed by atoms with Crippen molar-refractivity contribution in [2.45, 2.75) is 55.5 Å². The summed E-state index contributed by atoms with van der Waals surface area (Å²) in [6, 6.07) is 5.93. The van der Waals surface area contributed by atoms with Gasteiger partial charge in [0.15, 0.2) is 0 Å². The Labute approximate surface area is 129 Å². The lowest BCUT2D eigenvalue weighted by Gasteiger charge is -2.25. The first-order chi connectivity index (χ1) is 10.3. The summed E-state index contributed by atoms with van der Waals surface area (Å²) in [7, 11) is -4.53. The van der Waals surface area contributed by atoms with Crippen molar-refractivity contribution in [1.82, 2.24) is 4.90 Å². The molecule has 1 fully saturated rings. The first kappa shape index (κ1) is 17.3. The van der Waals surface area contributed by atoms with E-state index in [0.717, 1.165) is 24.9 Å². The van der Waals surface area contributed by atoms with Gasteiger partial charge in [-0.2, -0.15) is 8.78 Å². The number of aliphatic hydroxyl groups excluding tert-OH is 1. The molecule has 1 aliphatic heterocycles. The minimum absolute atomic E-state index is 0.310. The molecule has 0 amide bonds. The van der Waals surface area contributed by atoms with Crippen LogP contribution in [0.3, 0.4) is 0 Å². The van der Waals surface area contributed by atoms with Crippen LogP contribution < -0.4 is 0 Å². The van der Waals surface area contributed by atoms with Crippen LogP contribution >= 0.6 is 0 Å². The molecule has 0 saturated carbocycles. The van der Waals surface area contributed by atoms with Gasteiger partial charge in [-0.15, -0.1) is 0 Å². The van der Waals surface area contributed by atoms with Crippen molar-refractivity contribution >= 4 is 9.84 Å². The second kappa shape index (κ2) is 7.02. The summed E-state index contributed by atoms with van der Waals surface area (Å²) < 4.78 is 47.7. The Hall–Kier alpha value is -1.05. The Kier molecular flexibility index (Phi) is 5.52. The average Bonchev–Trinajstić information content (AvgIpc) is 2.85. The number of rotatable bonds is 6. The highest BCUT2D eigenvalue weighted by atomic mass is 32.2. The number of sulfone groups is 1. The van der Waals surface area contributed by atoms with Gasteiger partial charge in [0, 0.05) is 12.6 Å². The molecule has 1 aliphatic rings. The molecule has 0 aromatic heterocycles. The molecule has 1 saturated heterocycles. The fourth-order valence-electron chi connectivity index (χ4n) is 2.89. The molecule has 4 nitrogen and oxygen atoms in total. The number of hydrogen-bond donors (Lipinski definition) is 1. The van der Waals surface area contributed by atoms with E-state index in [0.29, 0.717) is 19.0 Å². The Morgan fingerprint density at radius 3 is 2.50 bits per heavy atom. The van der Waals surface area contributed by atoms with Crippen molar-refractivity contribution < 1.29 is 22.3 Å². The van der Waals surface area contributed by atoms with Crippen LogP contribution in [0.5, 0.6) is 0 Å². The molecule has 2 rings (SSSR count). The Balaban J connectivity index is 2.05. The van der Waals surface area contributed by atoms with Gasteiger partial charge in [-0.25, -0.2) is 8.42 Å². The summed E-state index contributed by atoms with van der Waals surface area (Å²) in [6.45, 7) is 3.32. The van der Waals surface area contributed by atoms with Gasteiger partial charge in [0.25, 0.3) is 0 Å². The highest BCUT2D eigenvalue weighted by Gasteiger charge is 2.27. The first-order valence-electron chi connectivity index (χ1n) is 7.34. The number of aliphatic hydroxyl groups is 1. The van der Waals surface area contributed by atoms with Crippen molar-refractivity contribution in [1.29, 1.82) is 0 Å². The number of hydrogen-bond acceptors (Lipinski definition) is 4. The summed E-state index contributed by atoms with van der Waals surface area (Å²) >= 11 is 0. The predicted octanol–water partition coefficient (Wildman–Crippen LogP) is 2.42. The number of halogens is 2. The molecule has 2 unspecified atom stereocenters. The van der Waals surface area contributed by atoms with E-state index in [1.165, 1.54) is 12.1 Å². The molecule has 0 aliphatic carbocycles. The van der Waals surface area contributed by atoms with Crippen LogP contribution in [0.2, 0.25) is 0 Å². The zero-order valence-electron chi connectivity index (χ0n) is 12.5. The first-order valence-corrected chi connectivity index (χ1v) is 8.88. The van der Waals surface area contributed by atoms with E-state index < -0.39 is 15.6 Å². The van der Waals surface area contributed by atoms with Crippen molar-refractivity contribution in [2.24, 2.45) is 0 Å². The third kappa shape index (κ3) is 4.02. The maximum atomic E-state index is 12.5. The van der Waals surface area contributed by atoms with Gasteiger partial charge in [0.1, 0.15) is 0 Å². The average molecular weight is 333 g/mol. The van der Waals surface area contributed by atoms with E-state index in [-0.39, 0.29) is 11.0 Å². The normalized spacial score (nSPS) is 21.4. The molecule has 2 atom stereocenters. The maximum Gasteiger partial charge on any atom is 0.341 e. The summed E-state index contributed by atoms with van der Waals surface area (Å²) in [5.74, 6) is -3.40. The molecular weight excluding hydrogens is 312 g/mol. The Morgan fingerprint density at radius 2 is 1.95 bits per heavy atom. The molecule has 0 spiro atoms. The van der Waals surface area contributed by atoms with Crippen molar-refractivity contribution in [3.05, 3.63) is 29.8 Å². The Morgan fingerprint density at radius 1 is 1.32 bits per heavy atom. The minimum atomic E-state index is -4.53. The molecule has 124 valence electrons. The van der Waals surface area contributed by atoms with Crippen molar-refractivity contribution in [2.75, 3.05) is 6.54 Å². The van der Waals surface area contributed by atoms with Crippen molar-refractivity contribution in [3.8, 4) is 0 Å². The monoisotopic (exact) mass is 333 g/mol. The second-order valence-corrected chi connectivity index (χ2v) is 7.72. The lowest BCUT2D eigenvalue weighted by molar-refractivity contribution is 0.131. The highest BCUT2D eigenvalue weighted by Crippen LogP contribution is 2.24. The lowest BCUT2D eigenvalue weighted by atomic mass is 10.1. The van der Waals surface area contributed by atoms with Gasteiger partial charge in [-0.05, 0) is 50.4 Å². The molecule has 22 heavy (non-hydrogen) atoms. The van der Waals surface area contributed by atoms with Crippen LogP contribution in [-0.2, 0) is 16.4 Å². The van der Waals surface area contributed by atoms with Crippen LogP contribution in [0.25, 0.3) is 0 Å². The number of benzene rings is 1. The number of alkyl halides is 2. The van der Waals surface area contributed by atoms with E-state index in [2.05, 4.69) is 4.90 Å². The summed E-state index contributed by atoms with van der Waals surface area (Å²) in [5.41, 5.74) is 0.880. The van der Waals surface area contributed by atoms with Crippen LogP contribution in [0.15, 0.2) is 29.2 Å². The summed E-state index contributed by atoms with van der Waals surface area (Å²) in [6.07, 6.45) is 2.44. The molecule has 1 heterocycles. The quantitative estimate of drug-likeness (QED) is 0.869. The van der Waals surface area contributed by atoms with E-state index in [9.17, 15) is 22.3 Å². The van der Waals surface area contributed by atoms with E-state index in [1.54, 1.807) is 19.1 Å². The van der Waals surface area contributed by atoms with E-state index in [4.69, 9.17) is 0 Å². The zero-order chi connectivity index (χ0) is 16.3. The third-order valence-corrected chi connectivity index (χ3v) is 5.38. The lowest BCUT2D eigenvalue weighted by Crippen LogP contribution is -2.31. The smallest absolute Gasteiger partial charge is 0.341 e. The molecule has 0 radical (unpaired) electrons. The molecule has 1 aromatic carbocycles. The van der Waals surface area contributed by atoms with Crippen LogP contribution in [0, 0.1) is 0 Å². The van der Waals surface area contributed by atoms with Gasteiger partial charge < -0.3 is 5.11 Å². The standard InChI is InChI=1S/C15H21F2NO3S/c1-11(19)9-13-3-2-8-18(13)10-12-4-6-14(7-5-12)22(20,21)15(16)17/h4-7,11,13,15,19H,2-3,8-10H2,1H3. The molecular formula is C15H21F2NO3S. The maximum absolute atomic E-state index is 12.5. The molecule has 0 bridgehead atoms. The fourth-order valence-corrected chi connectivity index (χ4v) is 3.61. The van der Waals surface area contributed by atoms with Crippen LogP contribution in [0.4, 0.5) is 8.78 Å². The second-order valence-electron chi connectivity index (χ2n) is 5.80. The topological polar surface area (TPSA) is 57.6 Å². The van der Waals surface area contributed by atoms with E-state index >= 15 is 0 Å². The molecule has 7 heteroatoms. The van der Waals surface area contributed by atoms with Crippen molar-refractivity contribution in [3.63, 3.8) is 0 Å². The van der Waals surface area contributed by atoms with Gasteiger partial charge in [-0.3, -0.25) is 4.90 Å². The minimum Gasteiger partial charge on any atom is -0.393 e. The Bertz CT molecular complexity index is 587. The van der Waals surface area contributed by atoms with Gasteiger partial charge in [-0.1, -0.05) is 12.1 Å². The van der Waals surface area contributed by atoms with Gasteiger partial charge in [0.2, 0.25) is 9.84 Å². The highest BCUT2D eigenvalue weighted by molar-refractivity contribution is 7.91. The molecule has 1 aromatic rings. The van der Waals surface area contributed by atoms with Gasteiger partial charge in [0.05, 0.1) is 11.0 Å². The SMILES string of the molecule is CC(O)CC1CCCN1Cc1ccc(S(=O)(=O)C(F)F)cc1. The number of nitrogens with zero attached hydrogens (tertiary/aromatic N) is 1. The van der Waals surface area contributed by atoms with Gasteiger partial charge >= 0.3 is 5.76 Å². The van der Waals surface area contributed by atoms with E-state index in [1.807, 2.05) is 0 Å². The van der Waals surface area contributed by atoms with Crippen LogP contribution in [0.1, 0.15) is 31.7 Å². The number of likely N-dealkylation sites (tertiary alicyclic amines) is 1. The summed E-state index contributed by atoms with van der Waals surface area (Å²) in [5, 5.41) is 9.51. The van der Waals surface area contributed by atoms with Crippen LogP contribution in [-0.4, -0.2) is 42.9 Å². The fraction of sp³-hybridized carbons (Fsp3) is 0.600. The summed E-state index contributed by atoms with van der Waals surface area (Å²) in [4.78, 5) is 1.89. The zero-order valence-corrected chi connectivity index (χ0v) is 13.3. The predicted molar refractivity (Wildman–Crippen MR) is 79.4 cm³/mol. The largest absolute Gasteiger partial charge is 0.393 e.